The molecule has 2 rings (SSSR count). The van der Waals surface area contributed by atoms with Gasteiger partial charge in [-0.25, -0.2) is 4.79 Å². The first-order valence-electron chi connectivity index (χ1n) is 6.13. The Balaban J connectivity index is 2.79. The molecule has 2 aromatic rings. The number of methoxy groups -OCH3 is 1. The van der Waals surface area contributed by atoms with E-state index >= 15 is 0 Å². The van der Waals surface area contributed by atoms with E-state index < -0.39 is 5.97 Å². The fourth-order valence-corrected chi connectivity index (χ4v) is 2.22. The average Bonchev–Trinajstić information content (AvgIpc) is 2.67. The molecule has 0 bridgehead atoms. The highest BCUT2D eigenvalue weighted by molar-refractivity contribution is 5.96. The van der Waals surface area contributed by atoms with Crippen LogP contribution in [0.5, 0.6) is 0 Å². The van der Waals surface area contributed by atoms with Crippen molar-refractivity contribution in [3.05, 3.63) is 35.1 Å². The molecule has 0 fully saturated rings. The van der Waals surface area contributed by atoms with Crippen LogP contribution in [-0.4, -0.2) is 18.2 Å². The van der Waals surface area contributed by atoms with Gasteiger partial charge in [0.2, 0.25) is 5.76 Å². The Morgan fingerprint density at radius 2 is 2.05 bits per heavy atom. The Morgan fingerprint density at radius 1 is 1.37 bits per heavy atom. The van der Waals surface area contributed by atoms with Gasteiger partial charge in [0, 0.05) is 23.6 Å². The maximum atomic E-state index is 11.3. The summed E-state index contributed by atoms with van der Waals surface area (Å²) in [6.45, 7) is 6.43. The first-order valence-corrected chi connectivity index (χ1v) is 6.13. The van der Waals surface area contributed by atoms with Crippen molar-refractivity contribution in [1.82, 2.24) is 0 Å². The lowest BCUT2D eigenvalue weighted by Crippen LogP contribution is -2.11. The van der Waals surface area contributed by atoms with Gasteiger partial charge in [0.1, 0.15) is 5.58 Å². The van der Waals surface area contributed by atoms with Crippen LogP contribution in [0.3, 0.4) is 0 Å². The standard InChI is InChI=1S/C15H18O4/c1-15(2,3)11-7-5-6-9-10(8-18-4)13(14(16)17)19-12(9)11/h5-7H,8H2,1-4H3,(H,16,17). The number of carboxylic acid groups (broad SMARTS) is 1. The highest BCUT2D eigenvalue weighted by Crippen LogP contribution is 2.35. The second kappa shape index (κ2) is 4.70. The number of hydrogen-bond acceptors (Lipinski definition) is 3. The van der Waals surface area contributed by atoms with E-state index in [0.29, 0.717) is 11.1 Å². The zero-order valence-corrected chi connectivity index (χ0v) is 11.6. The molecule has 0 atom stereocenters. The Hall–Kier alpha value is -1.81. The summed E-state index contributed by atoms with van der Waals surface area (Å²) in [5, 5.41) is 10.0. The molecule has 0 amide bonds. The van der Waals surface area contributed by atoms with Gasteiger partial charge in [0.25, 0.3) is 0 Å². The van der Waals surface area contributed by atoms with E-state index in [-0.39, 0.29) is 17.8 Å². The van der Waals surface area contributed by atoms with Crippen LogP contribution < -0.4 is 0 Å². The van der Waals surface area contributed by atoms with Gasteiger partial charge in [-0.2, -0.15) is 0 Å². The number of hydrogen-bond donors (Lipinski definition) is 1. The minimum absolute atomic E-state index is 0.0337. The molecule has 0 aliphatic rings. The zero-order valence-electron chi connectivity index (χ0n) is 11.6. The smallest absolute Gasteiger partial charge is 0.372 e. The summed E-state index contributed by atoms with van der Waals surface area (Å²) < 4.78 is 10.7. The quantitative estimate of drug-likeness (QED) is 0.918. The van der Waals surface area contributed by atoms with Gasteiger partial charge in [-0.1, -0.05) is 39.0 Å². The van der Waals surface area contributed by atoms with Crippen LogP contribution in [-0.2, 0) is 16.8 Å². The lowest BCUT2D eigenvalue weighted by atomic mass is 9.86. The summed E-state index contributed by atoms with van der Waals surface area (Å²) in [5.74, 6) is -1.10. The van der Waals surface area contributed by atoms with Crippen LogP contribution in [0.25, 0.3) is 11.0 Å². The molecule has 19 heavy (non-hydrogen) atoms. The summed E-state index contributed by atoms with van der Waals surface area (Å²) >= 11 is 0. The highest BCUT2D eigenvalue weighted by atomic mass is 16.5. The number of carboxylic acids is 1. The van der Waals surface area contributed by atoms with Crippen LogP contribution in [0.2, 0.25) is 0 Å². The molecule has 0 spiro atoms. The molecule has 102 valence electrons. The fraction of sp³-hybridized carbons (Fsp3) is 0.400. The molecule has 0 saturated heterocycles. The lowest BCUT2D eigenvalue weighted by Gasteiger charge is -2.18. The van der Waals surface area contributed by atoms with Crippen LogP contribution in [0.1, 0.15) is 42.5 Å². The summed E-state index contributed by atoms with van der Waals surface area (Å²) in [5.41, 5.74) is 2.11. The molecule has 0 radical (unpaired) electrons. The molecule has 1 N–H and O–H groups in total. The molecule has 1 aromatic heterocycles. The van der Waals surface area contributed by atoms with E-state index in [4.69, 9.17) is 9.15 Å². The monoisotopic (exact) mass is 262 g/mol. The van der Waals surface area contributed by atoms with Gasteiger partial charge in [-0.15, -0.1) is 0 Å². The summed E-state index contributed by atoms with van der Waals surface area (Å²) in [4.78, 5) is 11.3. The van der Waals surface area contributed by atoms with Crippen molar-refractivity contribution >= 4 is 16.9 Å². The second-order valence-electron chi connectivity index (χ2n) is 5.58. The van der Waals surface area contributed by atoms with Crippen molar-refractivity contribution < 1.29 is 19.1 Å². The van der Waals surface area contributed by atoms with Gasteiger partial charge in [-0.3, -0.25) is 0 Å². The molecular formula is C15H18O4. The molecular weight excluding hydrogens is 244 g/mol. The first-order chi connectivity index (χ1) is 8.86. The Kier molecular flexibility index (Phi) is 3.37. The zero-order chi connectivity index (χ0) is 14.2. The normalized spacial score (nSPS) is 12.0. The van der Waals surface area contributed by atoms with Crippen molar-refractivity contribution in [3.63, 3.8) is 0 Å². The molecule has 4 nitrogen and oxygen atoms in total. The van der Waals surface area contributed by atoms with Gasteiger partial charge in [0.05, 0.1) is 6.61 Å². The minimum atomic E-state index is -1.07. The lowest BCUT2D eigenvalue weighted by molar-refractivity contribution is 0.0658. The van der Waals surface area contributed by atoms with Crippen molar-refractivity contribution in [2.45, 2.75) is 32.8 Å². The number of aromatic carboxylic acids is 1. The Labute approximate surface area is 112 Å². The third-order valence-corrected chi connectivity index (χ3v) is 3.11. The average molecular weight is 262 g/mol. The molecule has 0 saturated carbocycles. The predicted molar refractivity (Wildman–Crippen MR) is 72.6 cm³/mol. The number of carbonyl (C=O) groups is 1. The summed E-state index contributed by atoms with van der Waals surface area (Å²) in [7, 11) is 1.54. The largest absolute Gasteiger partial charge is 0.475 e. The van der Waals surface area contributed by atoms with E-state index in [2.05, 4.69) is 20.8 Å². The fourth-order valence-electron chi connectivity index (χ4n) is 2.22. The van der Waals surface area contributed by atoms with E-state index in [1.807, 2.05) is 18.2 Å². The van der Waals surface area contributed by atoms with Gasteiger partial charge >= 0.3 is 5.97 Å². The second-order valence-corrected chi connectivity index (χ2v) is 5.58. The Morgan fingerprint density at radius 3 is 2.58 bits per heavy atom. The van der Waals surface area contributed by atoms with Gasteiger partial charge in [0.15, 0.2) is 0 Å². The summed E-state index contributed by atoms with van der Waals surface area (Å²) in [6.07, 6.45) is 0. The topological polar surface area (TPSA) is 59.7 Å². The molecule has 4 heteroatoms. The number of para-hydroxylation sites is 1. The SMILES string of the molecule is COCc1c(C(=O)O)oc2c(C(C)(C)C)cccc12. The van der Waals surface area contributed by atoms with Gasteiger partial charge < -0.3 is 14.3 Å². The highest BCUT2D eigenvalue weighted by Gasteiger charge is 2.25. The number of ether oxygens (including phenoxy) is 1. The minimum Gasteiger partial charge on any atom is -0.475 e. The van der Waals surface area contributed by atoms with E-state index in [1.165, 1.54) is 7.11 Å². The first kappa shape index (κ1) is 13.6. The maximum absolute atomic E-state index is 11.3. The number of rotatable bonds is 3. The van der Waals surface area contributed by atoms with E-state index in [0.717, 1.165) is 10.9 Å². The predicted octanol–water partition coefficient (Wildman–Crippen LogP) is 3.57. The Bertz CT molecular complexity index is 617. The third kappa shape index (κ3) is 2.36. The van der Waals surface area contributed by atoms with Crippen LogP contribution >= 0.6 is 0 Å². The van der Waals surface area contributed by atoms with Crippen LogP contribution in [0.15, 0.2) is 22.6 Å². The van der Waals surface area contributed by atoms with Crippen LogP contribution in [0.4, 0.5) is 0 Å². The number of benzene rings is 1. The molecule has 0 aliphatic heterocycles. The van der Waals surface area contributed by atoms with Crippen molar-refractivity contribution in [1.29, 1.82) is 0 Å². The molecule has 1 aromatic carbocycles. The van der Waals surface area contributed by atoms with Crippen LogP contribution in [0, 0.1) is 0 Å². The van der Waals surface area contributed by atoms with E-state index in [9.17, 15) is 9.90 Å². The van der Waals surface area contributed by atoms with Gasteiger partial charge in [-0.05, 0) is 5.41 Å². The van der Waals surface area contributed by atoms with Crippen molar-refractivity contribution in [2.24, 2.45) is 0 Å². The third-order valence-electron chi connectivity index (χ3n) is 3.11. The number of fused-ring (bicyclic) bond motifs is 1. The summed E-state index contributed by atoms with van der Waals surface area (Å²) in [6, 6.07) is 5.76. The maximum Gasteiger partial charge on any atom is 0.372 e. The van der Waals surface area contributed by atoms with E-state index in [1.54, 1.807) is 0 Å². The molecule has 1 heterocycles. The van der Waals surface area contributed by atoms with Crippen molar-refractivity contribution in [2.75, 3.05) is 7.11 Å². The van der Waals surface area contributed by atoms with Crippen molar-refractivity contribution in [3.8, 4) is 0 Å². The number of furan rings is 1. The molecule has 0 aliphatic carbocycles. The molecule has 0 unspecified atom stereocenters.